The van der Waals surface area contributed by atoms with Crippen LogP contribution in [0.4, 0.5) is 0 Å². The summed E-state index contributed by atoms with van der Waals surface area (Å²) in [7, 11) is 0. The lowest BCUT2D eigenvalue weighted by Crippen LogP contribution is -2.09. The molecule has 0 saturated carbocycles. The summed E-state index contributed by atoms with van der Waals surface area (Å²) in [4.78, 5) is 26.4. The second-order valence-corrected chi connectivity index (χ2v) is 3.38. The lowest BCUT2D eigenvalue weighted by Gasteiger charge is -2.01. The molecule has 0 aliphatic heterocycles. The predicted molar refractivity (Wildman–Crippen MR) is 58.8 cm³/mol. The summed E-state index contributed by atoms with van der Waals surface area (Å²) >= 11 is 0. The molecule has 1 aromatic rings. The second kappa shape index (κ2) is 6.71. The average molecular weight is 221 g/mol. The van der Waals surface area contributed by atoms with Crippen molar-refractivity contribution < 1.29 is 14.3 Å². The van der Waals surface area contributed by atoms with E-state index >= 15 is 0 Å². The van der Waals surface area contributed by atoms with Crippen molar-refractivity contribution in [2.75, 3.05) is 6.61 Å². The van der Waals surface area contributed by atoms with Crippen LogP contribution in [0, 0.1) is 0 Å². The van der Waals surface area contributed by atoms with Crippen LogP contribution in [0.5, 0.6) is 0 Å². The molecule has 0 saturated heterocycles. The molecule has 0 aliphatic carbocycles. The molecular formula is C12H15NO3. The third kappa shape index (κ3) is 4.68. The van der Waals surface area contributed by atoms with Gasteiger partial charge in [-0.1, -0.05) is 0 Å². The van der Waals surface area contributed by atoms with E-state index in [0.717, 1.165) is 5.56 Å². The Morgan fingerprint density at radius 2 is 1.94 bits per heavy atom. The molecular weight excluding hydrogens is 206 g/mol. The van der Waals surface area contributed by atoms with E-state index in [-0.39, 0.29) is 24.6 Å². The number of hydrogen-bond acceptors (Lipinski definition) is 4. The zero-order chi connectivity index (χ0) is 11.8. The minimum Gasteiger partial charge on any atom is -0.466 e. The molecule has 0 spiro atoms. The molecule has 86 valence electrons. The third-order valence-electron chi connectivity index (χ3n) is 2.06. The maximum absolute atomic E-state index is 11.5. The highest BCUT2D eigenvalue weighted by Gasteiger charge is 2.08. The van der Waals surface area contributed by atoms with Crippen molar-refractivity contribution in [3.63, 3.8) is 0 Å². The lowest BCUT2D eigenvalue weighted by atomic mass is 10.1. The summed E-state index contributed by atoms with van der Waals surface area (Å²) in [6.07, 6.45) is 4.04. The fourth-order valence-corrected chi connectivity index (χ4v) is 1.29. The van der Waals surface area contributed by atoms with Gasteiger partial charge in [-0.2, -0.15) is 0 Å². The van der Waals surface area contributed by atoms with Crippen molar-refractivity contribution in [3.8, 4) is 0 Å². The Bertz CT molecular complexity index is 349. The maximum Gasteiger partial charge on any atom is 0.306 e. The Hall–Kier alpha value is -1.71. The molecule has 16 heavy (non-hydrogen) atoms. The summed E-state index contributed by atoms with van der Waals surface area (Å²) < 4.78 is 4.74. The molecule has 4 heteroatoms. The molecule has 1 rings (SSSR count). The molecule has 0 atom stereocenters. The van der Waals surface area contributed by atoms with E-state index < -0.39 is 0 Å². The second-order valence-electron chi connectivity index (χ2n) is 3.38. The number of rotatable bonds is 6. The number of pyridine rings is 1. The highest BCUT2D eigenvalue weighted by atomic mass is 16.5. The molecule has 0 aromatic carbocycles. The summed E-state index contributed by atoms with van der Waals surface area (Å²) in [5.41, 5.74) is 0.920. The number of ether oxygens (including phenoxy) is 1. The van der Waals surface area contributed by atoms with Crippen LogP contribution in [-0.4, -0.2) is 23.3 Å². The van der Waals surface area contributed by atoms with Crippen LogP contribution in [0.15, 0.2) is 24.5 Å². The number of Topliss-reactive ketones (excluding diaryl/α,β-unsaturated/α-hetero) is 1. The molecule has 0 unspecified atom stereocenters. The van der Waals surface area contributed by atoms with Gasteiger partial charge < -0.3 is 4.74 Å². The Morgan fingerprint density at radius 3 is 2.56 bits per heavy atom. The van der Waals surface area contributed by atoms with Crippen molar-refractivity contribution in [1.82, 2.24) is 4.98 Å². The zero-order valence-electron chi connectivity index (χ0n) is 9.31. The van der Waals surface area contributed by atoms with Crippen molar-refractivity contribution in [2.45, 2.75) is 26.2 Å². The smallest absolute Gasteiger partial charge is 0.306 e. The Kier molecular flexibility index (Phi) is 5.19. The van der Waals surface area contributed by atoms with Gasteiger partial charge in [-0.05, 0) is 24.6 Å². The minimum atomic E-state index is -0.314. The van der Waals surface area contributed by atoms with Gasteiger partial charge in [0.2, 0.25) is 0 Å². The molecule has 4 nitrogen and oxygen atoms in total. The minimum absolute atomic E-state index is 0.0410. The monoisotopic (exact) mass is 221 g/mol. The maximum atomic E-state index is 11.5. The van der Waals surface area contributed by atoms with E-state index in [2.05, 4.69) is 4.98 Å². The standard InChI is InChI=1S/C12H15NO3/c1-2-16-12(15)4-3-11(14)9-10-5-7-13-8-6-10/h5-8H,2-4,9H2,1H3. The van der Waals surface area contributed by atoms with Crippen LogP contribution in [0.25, 0.3) is 0 Å². The normalized spacial score (nSPS) is 9.81. The number of ketones is 1. The number of carbonyl (C=O) groups is 2. The van der Waals surface area contributed by atoms with Gasteiger partial charge in [0.1, 0.15) is 5.78 Å². The SMILES string of the molecule is CCOC(=O)CCC(=O)Cc1ccncc1. The molecule has 0 N–H and O–H groups in total. The van der Waals surface area contributed by atoms with E-state index in [1.54, 1.807) is 31.5 Å². The highest BCUT2D eigenvalue weighted by molar-refractivity contribution is 5.84. The van der Waals surface area contributed by atoms with Crippen LogP contribution in [0.3, 0.4) is 0 Å². The highest BCUT2D eigenvalue weighted by Crippen LogP contribution is 2.02. The Balaban J connectivity index is 2.29. The Labute approximate surface area is 94.6 Å². The van der Waals surface area contributed by atoms with Gasteiger partial charge in [0, 0.05) is 25.2 Å². The van der Waals surface area contributed by atoms with E-state index in [4.69, 9.17) is 4.74 Å². The third-order valence-corrected chi connectivity index (χ3v) is 2.06. The first kappa shape index (κ1) is 12.4. The topological polar surface area (TPSA) is 56.3 Å². The fraction of sp³-hybridized carbons (Fsp3) is 0.417. The molecule has 0 aliphatic rings. The fourth-order valence-electron chi connectivity index (χ4n) is 1.29. The van der Waals surface area contributed by atoms with Crippen LogP contribution in [-0.2, 0) is 20.7 Å². The van der Waals surface area contributed by atoms with Gasteiger partial charge in [0.05, 0.1) is 13.0 Å². The van der Waals surface area contributed by atoms with Crippen molar-refractivity contribution in [2.24, 2.45) is 0 Å². The van der Waals surface area contributed by atoms with Gasteiger partial charge in [0.25, 0.3) is 0 Å². The summed E-state index contributed by atoms with van der Waals surface area (Å²) in [5, 5.41) is 0. The molecule has 0 amide bonds. The number of esters is 1. The van der Waals surface area contributed by atoms with E-state index in [1.807, 2.05) is 0 Å². The number of hydrogen-bond donors (Lipinski definition) is 0. The number of carbonyl (C=O) groups excluding carboxylic acids is 2. The van der Waals surface area contributed by atoms with E-state index in [9.17, 15) is 9.59 Å². The molecule has 0 fully saturated rings. The van der Waals surface area contributed by atoms with Gasteiger partial charge in [-0.25, -0.2) is 0 Å². The van der Waals surface area contributed by atoms with E-state index in [0.29, 0.717) is 13.0 Å². The van der Waals surface area contributed by atoms with Gasteiger partial charge in [-0.15, -0.1) is 0 Å². The first-order valence-corrected chi connectivity index (χ1v) is 5.28. The molecule has 1 heterocycles. The van der Waals surface area contributed by atoms with Crippen LogP contribution < -0.4 is 0 Å². The van der Waals surface area contributed by atoms with Gasteiger partial charge in [-0.3, -0.25) is 14.6 Å². The Morgan fingerprint density at radius 1 is 1.25 bits per heavy atom. The molecule has 0 radical (unpaired) electrons. The first-order chi connectivity index (χ1) is 7.72. The first-order valence-electron chi connectivity index (χ1n) is 5.28. The quantitative estimate of drug-likeness (QED) is 0.684. The largest absolute Gasteiger partial charge is 0.466 e. The van der Waals surface area contributed by atoms with Crippen molar-refractivity contribution in [1.29, 1.82) is 0 Å². The van der Waals surface area contributed by atoms with Gasteiger partial charge in [0.15, 0.2) is 0 Å². The van der Waals surface area contributed by atoms with Gasteiger partial charge >= 0.3 is 5.97 Å². The van der Waals surface area contributed by atoms with E-state index in [1.165, 1.54) is 0 Å². The average Bonchev–Trinajstić information content (AvgIpc) is 2.28. The summed E-state index contributed by atoms with van der Waals surface area (Å²) in [6.45, 7) is 2.11. The summed E-state index contributed by atoms with van der Waals surface area (Å²) in [6, 6.07) is 3.59. The molecule has 1 aromatic heterocycles. The zero-order valence-corrected chi connectivity index (χ0v) is 9.31. The van der Waals surface area contributed by atoms with Crippen molar-refractivity contribution in [3.05, 3.63) is 30.1 Å². The predicted octanol–water partition coefficient (Wildman–Crippen LogP) is 1.54. The van der Waals surface area contributed by atoms with Crippen LogP contribution in [0.2, 0.25) is 0 Å². The van der Waals surface area contributed by atoms with Crippen LogP contribution >= 0.6 is 0 Å². The number of aromatic nitrogens is 1. The molecule has 0 bridgehead atoms. The van der Waals surface area contributed by atoms with Crippen molar-refractivity contribution >= 4 is 11.8 Å². The number of nitrogens with zero attached hydrogens (tertiary/aromatic N) is 1. The van der Waals surface area contributed by atoms with Crippen LogP contribution in [0.1, 0.15) is 25.3 Å². The lowest BCUT2D eigenvalue weighted by molar-refractivity contribution is -0.144. The summed E-state index contributed by atoms with van der Waals surface area (Å²) in [5.74, 6) is -0.273.